The van der Waals surface area contributed by atoms with Crippen molar-refractivity contribution < 1.29 is 22.7 Å². The van der Waals surface area contributed by atoms with Gasteiger partial charge >= 0.3 is 0 Å². The minimum absolute atomic E-state index is 0.0464. The van der Waals surface area contributed by atoms with Gasteiger partial charge in [0.15, 0.2) is 11.5 Å². The molecule has 35 heavy (non-hydrogen) atoms. The van der Waals surface area contributed by atoms with Crippen molar-refractivity contribution in [2.24, 2.45) is 0 Å². The lowest BCUT2D eigenvalue weighted by Crippen LogP contribution is -2.41. The number of sulfonamides is 1. The summed E-state index contributed by atoms with van der Waals surface area (Å²) in [6, 6.07) is 18.4. The van der Waals surface area contributed by atoms with Crippen LogP contribution in [0.2, 0.25) is 5.02 Å². The van der Waals surface area contributed by atoms with Crippen LogP contribution in [-0.2, 0) is 21.4 Å². The zero-order valence-corrected chi connectivity index (χ0v) is 21.7. The van der Waals surface area contributed by atoms with Crippen molar-refractivity contribution in [2.45, 2.75) is 31.3 Å². The first-order chi connectivity index (χ1) is 16.6. The van der Waals surface area contributed by atoms with E-state index in [0.29, 0.717) is 16.5 Å². The fourth-order valence-corrected chi connectivity index (χ4v) is 5.16. The minimum Gasteiger partial charge on any atom is -0.493 e. The number of aryl methyl sites for hydroxylation is 1. The standard InChI is InChI=1S/C26H29ClN2O5S/c1-18-6-5-7-20(14-18)16-29(35(31,32)23-11-9-22(27)10-12-23)17-26(30)28-19(2)21-8-13-24(33-3)25(15-21)34-4/h5-15,19H,16-17H2,1-4H3,(H,28,30)/t19-/m0/s1. The third kappa shape index (κ3) is 6.75. The molecule has 0 aromatic heterocycles. The zero-order chi connectivity index (χ0) is 25.6. The molecule has 0 aliphatic rings. The fraction of sp³-hybridized carbons (Fsp3) is 0.269. The molecular weight excluding hydrogens is 488 g/mol. The number of nitrogens with one attached hydrogen (secondary N) is 1. The summed E-state index contributed by atoms with van der Waals surface area (Å²) >= 11 is 5.94. The minimum atomic E-state index is -3.97. The van der Waals surface area contributed by atoms with Crippen molar-refractivity contribution in [1.82, 2.24) is 9.62 Å². The summed E-state index contributed by atoms with van der Waals surface area (Å²) in [5.41, 5.74) is 2.57. The average molecular weight is 517 g/mol. The lowest BCUT2D eigenvalue weighted by molar-refractivity contribution is -0.122. The monoisotopic (exact) mass is 516 g/mol. The van der Waals surface area contributed by atoms with Crippen LogP contribution < -0.4 is 14.8 Å². The molecule has 0 radical (unpaired) electrons. The molecule has 0 saturated heterocycles. The summed E-state index contributed by atoms with van der Waals surface area (Å²) in [6.45, 7) is 3.44. The lowest BCUT2D eigenvalue weighted by atomic mass is 10.1. The van der Waals surface area contributed by atoms with Crippen LogP contribution in [0.25, 0.3) is 0 Å². The van der Waals surface area contributed by atoms with Gasteiger partial charge in [0.25, 0.3) is 0 Å². The maximum absolute atomic E-state index is 13.5. The number of carbonyl (C=O) groups is 1. The van der Waals surface area contributed by atoms with Crippen molar-refractivity contribution >= 4 is 27.5 Å². The quantitative estimate of drug-likeness (QED) is 0.421. The Balaban J connectivity index is 1.83. The lowest BCUT2D eigenvalue weighted by Gasteiger charge is -2.24. The van der Waals surface area contributed by atoms with Crippen LogP contribution >= 0.6 is 11.6 Å². The van der Waals surface area contributed by atoms with Crippen LogP contribution in [0.1, 0.15) is 29.7 Å². The number of methoxy groups -OCH3 is 2. The molecule has 1 N–H and O–H groups in total. The molecule has 0 saturated carbocycles. The van der Waals surface area contributed by atoms with E-state index in [1.54, 1.807) is 19.2 Å². The first kappa shape index (κ1) is 26.5. The van der Waals surface area contributed by atoms with E-state index in [0.717, 1.165) is 16.7 Å². The molecule has 1 amide bonds. The number of benzene rings is 3. The van der Waals surface area contributed by atoms with E-state index in [2.05, 4.69) is 5.32 Å². The van der Waals surface area contributed by atoms with Gasteiger partial charge in [-0.3, -0.25) is 4.79 Å². The molecule has 9 heteroatoms. The highest BCUT2D eigenvalue weighted by molar-refractivity contribution is 7.89. The second-order valence-electron chi connectivity index (χ2n) is 8.12. The highest BCUT2D eigenvalue weighted by atomic mass is 35.5. The second kappa shape index (κ2) is 11.6. The second-order valence-corrected chi connectivity index (χ2v) is 10.5. The Morgan fingerprint density at radius 1 is 1.00 bits per heavy atom. The summed E-state index contributed by atoms with van der Waals surface area (Å²) in [7, 11) is -0.881. The van der Waals surface area contributed by atoms with Crippen molar-refractivity contribution in [3.05, 3.63) is 88.4 Å². The number of nitrogens with zero attached hydrogens (tertiary/aromatic N) is 1. The van der Waals surface area contributed by atoms with Gasteiger partial charge in [-0.1, -0.05) is 47.5 Å². The van der Waals surface area contributed by atoms with Gasteiger partial charge in [0.2, 0.25) is 15.9 Å². The maximum atomic E-state index is 13.5. The Morgan fingerprint density at radius 2 is 1.69 bits per heavy atom. The molecule has 0 spiro atoms. The zero-order valence-electron chi connectivity index (χ0n) is 20.1. The van der Waals surface area contributed by atoms with Gasteiger partial charge in [-0.05, 0) is 61.4 Å². The van der Waals surface area contributed by atoms with Gasteiger partial charge in [0, 0.05) is 11.6 Å². The highest BCUT2D eigenvalue weighted by Crippen LogP contribution is 2.30. The molecule has 3 aromatic rings. The Morgan fingerprint density at radius 3 is 2.31 bits per heavy atom. The van der Waals surface area contributed by atoms with Gasteiger partial charge in [-0.15, -0.1) is 0 Å². The number of hydrogen-bond acceptors (Lipinski definition) is 5. The highest BCUT2D eigenvalue weighted by Gasteiger charge is 2.27. The molecule has 0 unspecified atom stereocenters. The van der Waals surface area contributed by atoms with Gasteiger partial charge in [0.05, 0.1) is 31.7 Å². The third-order valence-electron chi connectivity index (χ3n) is 5.50. The summed E-state index contributed by atoms with van der Waals surface area (Å²) in [5, 5.41) is 3.31. The van der Waals surface area contributed by atoms with Crippen LogP contribution in [0.4, 0.5) is 0 Å². The summed E-state index contributed by atoms with van der Waals surface area (Å²) in [6.07, 6.45) is 0. The van der Waals surface area contributed by atoms with Crippen LogP contribution in [0.15, 0.2) is 71.6 Å². The largest absolute Gasteiger partial charge is 0.493 e. The smallest absolute Gasteiger partial charge is 0.243 e. The molecule has 0 heterocycles. The Bertz CT molecular complexity index is 1280. The summed E-state index contributed by atoms with van der Waals surface area (Å²) in [5.74, 6) is 0.683. The van der Waals surface area contributed by atoms with Gasteiger partial charge in [0.1, 0.15) is 0 Å². The Hall–Kier alpha value is -3.07. The van der Waals surface area contributed by atoms with E-state index >= 15 is 0 Å². The summed E-state index contributed by atoms with van der Waals surface area (Å²) < 4.78 is 38.7. The number of ether oxygens (including phenoxy) is 2. The molecule has 1 atom stereocenters. The number of hydrogen-bond donors (Lipinski definition) is 1. The first-order valence-electron chi connectivity index (χ1n) is 11.0. The summed E-state index contributed by atoms with van der Waals surface area (Å²) in [4.78, 5) is 13.1. The normalized spacial score (nSPS) is 12.3. The van der Waals surface area contributed by atoms with Crippen molar-refractivity contribution in [3.8, 4) is 11.5 Å². The van der Waals surface area contributed by atoms with Crippen molar-refractivity contribution in [1.29, 1.82) is 0 Å². The molecule has 0 aliphatic heterocycles. The van der Waals surface area contributed by atoms with Crippen LogP contribution in [0, 0.1) is 6.92 Å². The Kier molecular flexibility index (Phi) is 8.77. The van der Waals surface area contributed by atoms with Crippen molar-refractivity contribution in [2.75, 3.05) is 20.8 Å². The first-order valence-corrected chi connectivity index (χ1v) is 12.8. The van der Waals surface area contributed by atoms with E-state index in [1.165, 1.54) is 35.7 Å². The van der Waals surface area contributed by atoms with Gasteiger partial charge in [-0.2, -0.15) is 4.31 Å². The van der Waals surface area contributed by atoms with E-state index < -0.39 is 15.9 Å². The predicted octanol–water partition coefficient (Wildman–Crippen LogP) is 4.73. The molecule has 0 bridgehead atoms. The number of carbonyl (C=O) groups excluding carboxylic acids is 1. The predicted molar refractivity (Wildman–Crippen MR) is 136 cm³/mol. The third-order valence-corrected chi connectivity index (χ3v) is 7.56. The molecule has 3 rings (SSSR count). The number of halogens is 1. The van der Waals surface area contributed by atoms with Gasteiger partial charge < -0.3 is 14.8 Å². The van der Waals surface area contributed by atoms with Crippen LogP contribution in [-0.4, -0.2) is 39.4 Å². The van der Waals surface area contributed by atoms with Crippen LogP contribution in [0.5, 0.6) is 11.5 Å². The molecule has 186 valence electrons. The van der Waals surface area contributed by atoms with E-state index in [1.807, 2.05) is 44.2 Å². The maximum Gasteiger partial charge on any atom is 0.243 e. The van der Waals surface area contributed by atoms with E-state index in [-0.39, 0.29) is 24.0 Å². The van der Waals surface area contributed by atoms with E-state index in [9.17, 15) is 13.2 Å². The van der Waals surface area contributed by atoms with Crippen LogP contribution in [0.3, 0.4) is 0 Å². The fourth-order valence-electron chi connectivity index (χ4n) is 3.65. The molecule has 3 aromatic carbocycles. The molecule has 7 nitrogen and oxygen atoms in total. The number of rotatable bonds is 10. The Labute approximate surface area is 211 Å². The molecule has 0 aliphatic carbocycles. The van der Waals surface area contributed by atoms with E-state index in [4.69, 9.17) is 21.1 Å². The van der Waals surface area contributed by atoms with Crippen molar-refractivity contribution in [3.63, 3.8) is 0 Å². The molecule has 0 fully saturated rings. The topological polar surface area (TPSA) is 84.9 Å². The number of amides is 1. The average Bonchev–Trinajstić information content (AvgIpc) is 2.83. The molecular formula is C26H29ClN2O5S. The SMILES string of the molecule is COc1ccc([C@H](C)NC(=O)CN(Cc2cccc(C)c2)S(=O)(=O)c2ccc(Cl)cc2)cc1OC. The van der Waals surface area contributed by atoms with Gasteiger partial charge in [-0.25, -0.2) is 8.42 Å².